The Kier molecular flexibility index (Phi) is 17.9. The molecule has 2 aliphatic carbocycles. The van der Waals surface area contributed by atoms with Crippen LogP contribution in [0.3, 0.4) is 0 Å². The van der Waals surface area contributed by atoms with Crippen LogP contribution in [0.4, 0.5) is 4.79 Å². The van der Waals surface area contributed by atoms with Gasteiger partial charge in [-0.2, -0.15) is 0 Å². The highest BCUT2D eigenvalue weighted by Crippen LogP contribution is 2.62. The van der Waals surface area contributed by atoms with Crippen molar-refractivity contribution in [1.29, 1.82) is 0 Å². The molecule has 0 aromatic heterocycles. The van der Waals surface area contributed by atoms with E-state index in [9.17, 15) is 20.1 Å². The van der Waals surface area contributed by atoms with Gasteiger partial charge in [-0.05, 0) is 98.7 Å². The lowest BCUT2D eigenvalue weighted by Crippen LogP contribution is -2.70. The number of aliphatic hydroxyl groups is 3. The summed E-state index contributed by atoms with van der Waals surface area (Å²) in [6, 6.07) is 13.0. The Hall–Kier alpha value is -3.30. The van der Waals surface area contributed by atoms with E-state index < -0.39 is 23.8 Å². The number of oxime groups is 1. The summed E-state index contributed by atoms with van der Waals surface area (Å²) in [5, 5.41) is 33.9. The van der Waals surface area contributed by atoms with Gasteiger partial charge in [-0.1, -0.05) is 30.1 Å². The average Bonchev–Trinajstić information content (AvgIpc) is 3.23. The number of carbonyl (C=O) groups is 1. The van der Waals surface area contributed by atoms with Crippen molar-refractivity contribution in [3.63, 3.8) is 0 Å². The zero-order valence-corrected chi connectivity index (χ0v) is 34.8. The van der Waals surface area contributed by atoms with E-state index >= 15 is 0 Å². The van der Waals surface area contributed by atoms with E-state index in [1.54, 1.807) is 22.7 Å². The molecular formula is C43H59ClN2O10S. The summed E-state index contributed by atoms with van der Waals surface area (Å²) in [6.45, 7) is 6.66. The molecule has 2 aromatic carbocycles. The summed E-state index contributed by atoms with van der Waals surface area (Å²) in [5.74, 6) is 0.0325. The predicted octanol–water partition coefficient (Wildman–Crippen LogP) is 7.54. The fraction of sp³-hybridized carbons (Fsp3) is 0.581. The van der Waals surface area contributed by atoms with Gasteiger partial charge in [0.05, 0.1) is 43.9 Å². The summed E-state index contributed by atoms with van der Waals surface area (Å²) in [7, 11) is 0. The number of rotatable bonds is 24. The third-order valence-electron chi connectivity index (χ3n) is 10.9. The first-order valence-electron chi connectivity index (χ1n) is 20.1. The maximum atomic E-state index is 14.1. The SMILES string of the molecule is C=CCOC12Oc3ccc(Oc4ccc(SC)cc4)cc3C3C(CCCCO)C(CCCCO)C=C(C(=NOCC)CC1N(CCOCCO)C(=O)OCCCl)C32. The first kappa shape index (κ1) is 44.8. The minimum atomic E-state index is -1.46. The Morgan fingerprint density at radius 1 is 1.04 bits per heavy atom. The first-order valence-corrected chi connectivity index (χ1v) is 21.9. The molecule has 1 saturated carbocycles. The van der Waals surface area contributed by atoms with E-state index in [1.165, 1.54) is 0 Å². The summed E-state index contributed by atoms with van der Waals surface area (Å²) in [5.41, 5.74) is 2.55. The number of hydrogen-bond acceptors (Lipinski definition) is 12. The molecule has 0 saturated heterocycles. The number of hydrogen-bond donors (Lipinski definition) is 3. The molecule has 314 valence electrons. The van der Waals surface area contributed by atoms with Crippen LogP contribution in [0.5, 0.6) is 17.2 Å². The maximum absolute atomic E-state index is 14.1. The van der Waals surface area contributed by atoms with Gasteiger partial charge in [-0.25, -0.2) is 4.79 Å². The highest BCUT2D eigenvalue weighted by molar-refractivity contribution is 7.98. The number of allylic oxidation sites excluding steroid dienone is 1. The molecule has 1 heterocycles. The molecule has 1 aliphatic heterocycles. The minimum Gasteiger partial charge on any atom is -0.459 e. The van der Waals surface area contributed by atoms with Gasteiger partial charge in [-0.15, -0.1) is 29.9 Å². The van der Waals surface area contributed by atoms with E-state index in [2.05, 4.69) is 18.7 Å². The third kappa shape index (κ3) is 10.9. The molecule has 12 nitrogen and oxygen atoms in total. The van der Waals surface area contributed by atoms with Crippen LogP contribution in [0.25, 0.3) is 0 Å². The molecule has 0 bridgehead atoms. The molecule has 0 radical (unpaired) electrons. The van der Waals surface area contributed by atoms with Crippen LogP contribution in [-0.4, -0.2) is 115 Å². The number of carbonyl (C=O) groups excluding carboxylic acids is 1. The lowest BCUT2D eigenvalue weighted by Gasteiger charge is -2.59. The van der Waals surface area contributed by atoms with E-state index in [0.29, 0.717) is 42.4 Å². The standard InChI is InChI=1S/C43H59ClN2O10S/c1-4-23-53-43-39(46(19-25-51-26-22-49)42(50)52-24-18-44)29-37(45-54-5-2)35-27-30(10-6-8-20-47)34(11-7-9-21-48)40(41(35)43)36-28-32(14-17-38(36)56-43)55-31-12-15-33(57-3)16-13-31/h4,12-17,27-28,30,34,39-41,47-49H,1,5-11,18-26,29H2,2-3H3. The molecule has 3 N–H and O–H groups in total. The highest BCUT2D eigenvalue weighted by atomic mass is 35.5. The Bertz CT molecular complexity index is 1640. The van der Waals surface area contributed by atoms with E-state index in [-0.39, 0.29) is 82.8 Å². The van der Waals surface area contributed by atoms with Crippen molar-refractivity contribution in [2.75, 3.05) is 71.5 Å². The zero-order chi connectivity index (χ0) is 40.6. The topological polar surface area (TPSA) is 149 Å². The molecule has 1 fully saturated rings. The fourth-order valence-corrected chi connectivity index (χ4v) is 9.03. The zero-order valence-electron chi connectivity index (χ0n) is 33.2. The molecule has 1 amide bonds. The van der Waals surface area contributed by atoms with Crippen LogP contribution in [-0.2, 0) is 19.0 Å². The molecule has 5 rings (SSSR count). The number of nitrogens with zero attached hydrogens (tertiary/aromatic N) is 2. The number of thioether (sulfide) groups is 1. The Morgan fingerprint density at radius 2 is 1.79 bits per heavy atom. The third-order valence-corrected chi connectivity index (χ3v) is 11.8. The Morgan fingerprint density at radius 3 is 2.47 bits per heavy atom. The van der Waals surface area contributed by atoms with Crippen molar-refractivity contribution in [3.05, 3.63) is 72.3 Å². The molecule has 0 spiro atoms. The summed E-state index contributed by atoms with van der Waals surface area (Å²) in [6.07, 6.45) is 10.2. The van der Waals surface area contributed by atoms with E-state index in [1.807, 2.05) is 49.6 Å². The normalized spacial score (nSPS) is 24.1. The quantitative estimate of drug-likeness (QED) is 0.0317. The Balaban J connectivity index is 1.75. The van der Waals surface area contributed by atoms with Crippen molar-refractivity contribution in [2.45, 2.75) is 74.5 Å². The molecule has 6 atom stereocenters. The summed E-state index contributed by atoms with van der Waals surface area (Å²) < 4.78 is 32.1. The lowest BCUT2D eigenvalue weighted by atomic mass is 9.55. The van der Waals surface area contributed by atoms with Crippen LogP contribution < -0.4 is 9.47 Å². The number of benzene rings is 2. The summed E-state index contributed by atoms with van der Waals surface area (Å²) >= 11 is 7.66. The monoisotopic (exact) mass is 830 g/mol. The second-order valence-electron chi connectivity index (χ2n) is 14.3. The van der Waals surface area contributed by atoms with Gasteiger partial charge in [0.2, 0.25) is 5.79 Å². The molecule has 2 aromatic rings. The first-order chi connectivity index (χ1) is 27.9. The van der Waals surface area contributed by atoms with Gasteiger partial charge in [0.1, 0.15) is 36.5 Å². The van der Waals surface area contributed by atoms with Crippen LogP contribution >= 0.6 is 23.4 Å². The largest absolute Gasteiger partial charge is 0.459 e. The molecule has 6 unspecified atom stereocenters. The van der Waals surface area contributed by atoms with Crippen molar-refractivity contribution >= 4 is 35.2 Å². The van der Waals surface area contributed by atoms with Crippen LogP contribution in [0.2, 0.25) is 0 Å². The lowest BCUT2D eigenvalue weighted by molar-refractivity contribution is -0.256. The minimum absolute atomic E-state index is 0.00630. The smallest absolute Gasteiger partial charge is 0.410 e. The molecule has 3 aliphatic rings. The average molecular weight is 831 g/mol. The van der Waals surface area contributed by atoms with Gasteiger partial charge in [0, 0.05) is 42.6 Å². The fourth-order valence-electron chi connectivity index (χ4n) is 8.55. The van der Waals surface area contributed by atoms with Gasteiger partial charge < -0.3 is 43.8 Å². The number of ether oxygens (including phenoxy) is 5. The second-order valence-corrected chi connectivity index (χ2v) is 15.6. The highest BCUT2D eigenvalue weighted by Gasteiger charge is 2.65. The van der Waals surface area contributed by atoms with Crippen molar-refractivity contribution in [3.8, 4) is 17.2 Å². The number of amides is 1. The number of halogens is 1. The molecule has 14 heteroatoms. The van der Waals surface area contributed by atoms with Crippen molar-refractivity contribution in [1.82, 2.24) is 4.90 Å². The number of fused-ring (bicyclic) bond motifs is 2. The van der Waals surface area contributed by atoms with Crippen LogP contribution in [0.15, 0.2) is 76.8 Å². The van der Waals surface area contributed by atoms with E-state index in [4.69, 9.17) is 45.3 Å². The van der Waals surface area contributed by atoms with Crippen molar-refractivity contribution < 1.29 is 48.6 Å². The van der Waals surface area contributed by atoms with Gasteiger partial charge in [-0.3, -0.25) is 4.90 Å². The molecular weight excluding hydrogens is 772 g/mol. The summed E-state index contributed by atoms with van der Waals surface area (Å²) in [4.78, 5) is 22.6. The number of unbranched alkanes of at least 4 members (excludes halogenated alkanes) is 2. The van der Waals surface area contributed by atoms with Gasteiger partial charge in [0.15, 0.2) is 0 Å². The van der Waals surface area contributed by atoms with Gasteiger partial charge >= 0.3 is 6.09 Å². The molecule has 57 heavy (non-hydrogen) atoms. The van der Waals surface area contributed by atoms with Crippen LogP contribution in [0, 0.1) is 17.8 Å². The van der Waals surface area contributed by atoms with Crippen molar-refractivity contribution in [2.24, 2.45) is 22.9 Å². The Labute approximate surface area is 346 Å². The maximum Gasteiger partial charge on any atom is 0.410 e. The van der Waals surface area contributed by atoms with Crippen LogP contribution in [0.1, 0.15) is 63.4 Å². The number of alkyl halides is 1. The number of aliphatic hydroxyl groups excluding tert-OH is 3. The van der Waals surface area contributed by atoms with E-state index in [0.717, 1.165) is 41.7 Å². The van der Waals surface area contributed by atoms with Gasteiger partial charge in [0.25, 0.3) is 0 Å². The second kappa shape index (κ2) is 22.7. The predicted molar refractivity (Wildman–Crippen MR) is 222 cm³/mol.